The van der Waals surface area contributed by atoms with Crippen LogP contribution in [0.5, 0.6) is 0 Å². The number of morpholine rings is 1. The lowest BCUT2D eigenvalue weighted by Gasteiger charge is -2.36. The van der Waals surface area contributed by atoms with Gasteiger partial charge in [-0.2, -0.15) is 0 Å². The molecule has 0 radical (unpaired) electrons. The van der Waals surface area contributed by atoms with E-state index < -0.39 is 21.8 Å². The van der Waals surface area contributed by atoms with Crippen LogP contribution in [0.25, 0.3) is 11.4 Å². The Labute approximate surface area is 224 Å². The van der Waals surface area contributed by atoms with Gasteiger partial charge in [0.25, 0.3) is 11.8 Å². The van der Waals surface area contributed by atoms with Crippen LogP contribution in [-0.4, -0.2) is 72.8 Å². The summed E-state index contributed by atoms with van der Waals surface area (Å²) in [5.74, 6) is -0.527. The lowest BCUT2D eigenvalue weighted by molar-refractivity contribution is -0.113. The van der Waals surface area contributed by atoms with E-state index in [0.717, 1.165) is 41.6 Å². The number of rotatable bonds is 8. The van der Waals surface area contributed by atoms with Gasteiger partial charge in [0.05, 0.1) is 36.8 Å². The van der Waals surface area contributed by atoms with Gasteiger partial charge in [-0.15, -0.1) is 11.3 Å². The minimum atomic E-state index is -3.55. The largest absolute Gasteiger partial charge is 0.502 e. The Balaban J connectivity index is 1.44. The van der Waals surface area contributed by atoms with Gasteiger partial charge in [0.1, 0.15) is 23.5 Å². The molecule has 202 valence electrons. The number of pyridine rings is 1. The molecule has 12 nitrogen and oxygen atoms in total. The van der Waals surface area contributed by atoms with Crippen molar-refractivity contribution in [3.8, 4) is 11.4 Å². The van der Waals surface area contributed by atoms with E-state index in [1.54, 1.807) is 5.38 Å². The highest BCUT2D eigenvalue weighted by molar-refractivity contribution is 7.89. The van der Waals surface area contributed by atoms with Crippen LogP contribution >= 0.6 is 11.3 Å². The number of anilines is 2. The normalized spacial score (nSPS) is 18.2. The predicted octanol–water partition coefficient (Wildman–Crippen LogP) is 2.28. The van der Waals surface area contributed by atoms with Gasteiger partial charge in [-0.1, -0.05) is 6.07 Å². The van der Waals surface area contributed by atoms with Crippen molar-refractivity contribution in [2.75, 3.05) is 36.7 Å². The standard InChI is InChI=1S/C24H28N6O6S2/c1-15-10-29(11-16(2)36-15)21-7-5-6-18(25-21)20-14-37-24(27-20)28-23(32)19(13-35-3)26-22(31)17-8-9-30(12-17)38(4,33)34/h5-9,12-16H,10-11H2,1-4H3,(H,26,31)(H,27,28,32)/b19-13+. The van der Waals surface area contributed by atoms with Crippen LogP contribution in [0.4, 0.5) is 10.9 Å². The minimum Gasteiger partial charge on any atom is -0.502 e. The van der Waals surface area contributed by atoms with Gasteiger partial charge in [-0.3, -0.25) is 18.9 Å². The molecule has 38 heavy (non-hydrogen) atoms. The van der Waals surface area contributed by atoms with E-state index in [0.29, 0.717) is 16.5 Å². The van der Waals surface area contributed by atoms with Crippen LogP contribution < -0.4 is 15.5 Å². The van der Waals surface area contributed by atoms with Gasteiger partial charge >= 0.3 is 0 Å². The number of carbonyl (C=O) groups is 2. The van der Waals surface area contributed by atoms with Gasteiger partial charge in [-0.25, -0.2) is 18.4 Å². The molecule has 2 amide bonds. The summed E-state index contributed by atoms with van der Waals surface area (Å²) in [5, 5.41) is 7.15. The van der Waals surface area contributed by atoms with Crippen molar-refractivity contribution in [2.24, 2.45) is 0 Å². The lowest BCUT2D eigenvalue weighted by Crippen LogP contribution is -2.45. The van der Waals surface area contributed by atoms with E-state index in [9.17, 15) is 18.0 Å². The van der Waals surface area contributed by atoms with Crippen LogP contribution in [0.15, 0.2) is 54.0 Å². The molecule has 3 aromatic heterocycles. The van der Waals surface area contributed by atoms with Crippen molar-refractivity contribution < 1.29 is 27.5 Å². The first-order valence-electron chi connectivity index (χ1n) is 11.6. The molecule has 0 aliphatic carbocycles. The summed E-state index contributed by atoms with van der Waals surface area (Å²) in [5.41, 5.74) is 1.11. The highest BCUT2D eigenvalue weighted by Gasteiger charge is 2.24. The third kappa shape index (κ3) is 6.57. The molecule has 1 aliphatic rings. The van der Waals surface area contributed by atoms with Crippen LogP contribution in [0.2, 0.25) is 0 Å². The maximum absolute atomic E-state index is 12.9. The number of nitrogens with one attached hydrogen (secondary N) is 2. The van der Waals surface area contributed by atoms with Crippen LogP contribution in [0, 0.1) is 0 Å². The number of amides is 2. The summed E-state index contributed by atoms with van der Waals surface area (Å²) in [6, 6.07) is 7.02. The van der Waals surface area contributed by atoms with Crippen LogP contribution in [0.1, 0.15) is 24.2 Å². The summed E-state index contributed by atoms with van der Waals surface area (Å²) in [6.45, 7) is 5.53. The number of hydrogen-bond acceptors (Lipinski definition) is 10. The van der Waals surface area contributed by atoms with Crippen LogP contribution in [0.3, 0.4) is 0 Å². The number of hydrogen-bond donors (Lipinski definition) is 2. The number of nitrogens with zero attached hydrogens (tertiary/aromatic N) is 4. The molecule has 0 saturated carbocycles. The Morgan fingerprint density at radius 1 is 1.16 bits per heavy atom. The molecule has 2 atom stereocenters. The molecule has 1 saturated heterocycles. The predicted molar refractivity (Wildman–Crippen MR) is 143 cm³/mol. The Kier molecular flexibility index (Phi) is 8.14. The van der Waals surface area contributed by atoms with Gasteiger partial charge in [-0.05, 0) is 32.0 Å². The molecule has 0 aromatic carbocycles. The van der Waals surface area contributed by atoms with E-state index in [-0.39, 0.29) is 23.5 Å². The molecule has 2 unspecified atom stereocenters. The minimum absolute atomic E-state index is 0.0526. The molecule has 1 fully saturated rings. The summed E-state index contributed by atoms with van der Waals surface area (Å²) >= 11 is 1.20. The Morgan fingerprint density at radius 2 is 1.89 bits per heavy atom. The molecule has 0 bridgehead atoms. The first-order chi connectivity index (χ1) is 18.0. The Morgan fingerprint density at radius 3 is 2.55 bits per heavy atom. The molecular weight excluding hydrogens is 532 g/mol. The zero-order valence-corrected chi connectivity index (χ0v) is 22.9. The highest BCUT2D eigenvalue weighted by atomic mass is 32.2. The first-order valence-corrected chi connectivity index (χ1v) is 14.3. The van der Waals surface area contributed by atoms with Gasteiger partial charge in [0.2, 0.25) is 10.0 Å². The van der Waals surface area contributed by atoms with E-state index >= 15 is 0 Å². The van der Waals surface area contributed by atoms with E-state index in [1.807, 2.05) is 32.0 Å². The second kappa shape index (κ2) is 11.3. The Bertz CT molecular complexity index is 1450. The van der Waals surface area contributed by atoms with Gasteiger partial charge in [0, 0.05) is 30.9 Å². The number of thiazole rings is 1. The van der Waals surface area contributed by atoms with Gasteiger partial charge < -0.3 is 19.7 Å². The fourth-order valence-corrected chi connectivity index (χ4v) is 5.18. The average Bonchev–Trinajstić information content (AvgIpc) is 3.53. The topological polar surface area (TPSA) is 145 Å². The summed E-state index contributed by atoms with van der Waals surface area (Å²) in [4.78, 5) is 36.9. The van der Waals surface area contributed by atoms with E-state index in [1.165, 1.54) is 30.7 Å². The third-order valence-corrected chi connectivity index (χ3v) is 7.26. The molecule has 14 heteroatoms. The second-order valence-electron chi connectivity index (χ2n) is 8.75. The fraction of sp³-hybridized carbons (Fsp3) is 0.333. The van der Waals surface area contributed by atoms with Crippen molar-refractivity contribution in [3.63, 3.8) is 0 Å². The van der Waals surface area contributed by atoms with Crippen LogP contribution in [-0.2, 0) is 24.3 Å². The first kappa shape index (κ1) is 27.3. The van der Waals surface area contributed by atoms with Crippen molar-refractivity contribution in [3.05, 3.63) is 59.6 Å². The van der Waals surface area contributed by atoms with Crippen molar-refractivity contribution in [2.45, 2.75) is 26.1 Å². The number of carbonyl (C=O) groups excluding carboxylic acids is 2. The number of ether oxygens (including phenoxy) is 2. The summed E-state index contributed by atoms with van der Waals surface area (Å²) in [7, 11) is -2.22. The summed E-state index contributed by atoms with van der Waals surface area (Å²) in [6.07, 6.45) is 4.67. The molecule has 1 aliphatic heterocycles. The van der Waals surface area contributed by atoms with Crippen molar-refractivity contribution in [1.29, 1.82) is 0 Å². The summed E-state index contributed by atoms with van der Waals surface area (Å²) < 4.78 is 35.0. The van der Waals surface area contributed by atoms with Gasteiger partial charge in [0.15, 0.2) is 5.13 Å². The van der Waals surface area contributed by atoms with Crippen molar-refractivity contribution >= 4 is 44.1 Å². The molecular formula is C24H28N6O6S2. The second-order valence-corrected chi connectivity index (χ2v) is 11.5. The lowest BCUT2D eigenvalue weighted by atomic mass is 10.2. The highest BCUT2D eigenvalue weighted by Crippen LogP contribution is 2.26. The Hall–Kier alpha value is -3.75. The zero-order chi connectivity index (χ0) is 27.4. The third-order valence-electron chi connectivity index (χ3n) is 5.51. The SMILES string of the molecule is CO/C=C(/NC(=O)c1ccn(S(C)(=O)=O)c1)C(=O)Nc1nc(-c2cccc(N3CC(C)OC(C)C3)n2)cs1. The zero-order valence-electron chi connectivity index (χ0n) is 21.2. The average molecular weight is 561 g/mol. The van der Waals surface area contributed by atoms with E-state index in [4.69, 9.17) is 14.5 Å². The van der Waals surface area contributed by atoms with E-state index in [2.05, 4.69) is 20.5 Å². The monoisotopic (exact) mass is 560 g/mol. The molecule has 4 heterocycles. The number of methoxy groups -OCH3 is 1. The molecule has 2 N–H and O–H groups in total. The maximum atomic E-state index is 12.9. The number of aromatic nitrogens is 3. The fourth-order valence-electron chi connectivity index (χ4n) is 3.89. The maximum Gasteiger partial charge on any atom is 0.277 e. The molecule has 4 rings (SSSR count). The molecule has 3 aromatic rings. The molecule has 0 spiro atoms. The van der Waals surface area contributed by atoms with Crippen molar-refractivity contribution in [1.82, 2.24) is 19.3 Å². The quantitative estimate of drug-likeness (QED) is 0.313. The smallest absolute Gasteiger partial charge is 0.277 e.